The molecule has 0 saturated carbocycles. The van der Waals surface area contributed by atoms with E-state index < -0.39 is 0 Å². The van der Waals surface area contributed by atoms with Crippen LogP contribution in [0.25, 0.3) is 0 Å². The van der Waals surface area contributed by atoms with Crippen molar-refractivity contribution in [1.82, 2.24) is 9.97 Å². The summed E-state index contributed by atoms with van der Waals surface area (Å²) in [6.07, 6.45) is 2.45. The van der Waals surface area contributed by atoms with Gasteiger partial charge in [0.2, 0.25) is 0 Å². The van der Waals surface area contributed by atoms with Crippen molar-refractivity contribution in [3.8, 4) is 0 Å². The summed E-state index contributed by atoms with van der Waals surface area (Å²) in [7, 11) is 3.55. The first kappa shape index (κ1) is 14.1. The van der Waals surface area contributed by atoms with Crippen LogP contribution >= 0.6 is 0 Å². The minimum absolute atomic E-state index is 0.446. The van der Waals surface area contributed by atoms with Crippen molar-refractivity contribution >= 4 is 11.6 Å². The summed E-state index contributed by atoms with van der Waals surface area (Å²) < 4.78 is 5.14. The number of anilines is 2. The minimum Gasteiger partial charge on any atom is -0.377 e. The van der Waals surface area contributed by atoms with Crippen LogP contribution in [0, 0.1) is 5.92 Å². The van der Waals surface area contributed by atoms with Crippen molar-refractivity contribution in [1.29, 1.82) is 0 Å². The Kier molecular flexibility index (Phi) is 4.58. The summed E-state index contributed by atoms with van der Waals surface area (Å²) in [4.78, 5) is 11.4. The maximum Gasteiger partial charge on any atom is 0.158 e. The Balaban J connectivity index is 2.25. The second-order valence-electron chi connectivity index (χ2n) is 5.38. The zero-order valence-corrected chi connectivity index (χ0v) is 12.3. The molecule has 0 aromatic carbocycles. The number of nitrogens with zero attached hydrogens (tertiary/aromatic N) is 3. The zero-order valence-electron chi connectivity index (χ0n) is 12.3. The van der Waals surface area contributed by atoms with Gasteiger partial charge in [0.1, 0.15) is 18.2 Å². The number of piperidine rings is 1. The molecule has 1 aromatic rings. The largest absolute Gasteiger partial charge is 0.377 e. The SMILES string of the molecule is CNc1cc(N2CCC(C)CC2C)nc(COC)n1. The van der Waals surface area contributed by atoms with E-state index in [4.69, 9.17) is 4.74 Å². The smallest absolute Gasteiger partial charge is 0.158 e. The van der Waals surface area contributed by atoms with Crippen molar-refractivity contribution < 1.29 is 4.74 Å². The maximum absolute atomic E-state index is 5.14. The third-order valence-electron chi connectivity index (χ3n) is 3.72. The molecule has 1 aromatic heterocycles. The van der Waals surface area contributed by atoms with Crippen LogP contribution in [0.2, 0.25) is 0 Å². The summed E-state index contributed by atoms with van der Waals surface area (Å²) in [6.45, 7) is 6.10. The molecule has 1 aliphatic rings. The van der Waals surface area contributed by atoms with Gasteiger partial charge >= 0.3 is 0 Å². The predicted molar refractivity (Wildman–Crippen MR) is 77.5 cm³/mol. The van der Waals surface area contributed by atoms with Gasteiger partial charge in [0.05, 0.1) is 0 Å². The van der Waals surface area contributed by atoms with E-state index in [1.807, 2.05) is 13.1 Å². The number of nitrogens with one attached hydrogen (secondary N) is 1. The molecule has 2 atom stereocenters. The van der Waals surface area contributed by atoms with Gasteiger partial charge < -0.3 is 15.0 Å². The van der Waals surface area contributed by atoms with Gasteiger partial charge in [-0.3, -0.25) is 0 Å². The highest BCUT2D eigenvalue weighted by molar-refractivity contribution is 5.50. The van der Waals surface area contributed by atoms with E-state index in [1.54, 1.807) is 7.11 Å². The van der Waals surface area contributed by atoms with E-state index in [1.165, 1.54) is 12.8 Å². The topological polar surface area (TPSA) is 50.3 Å². The maximum atomic E-state index is 5.14. The lowest BCUT2D eigenvalue weighted by atomic mass is 9.93. The molecule has 1 saturated heterocycles. The first-order valence-electron chi connectivity index (χ1n) is 6.95. The number of methoxy groups -OCH3 is 1. The quantitative estimate of drug-likeness (QED) is 0.904. The van der Waals surface area contributed by atoms with Gasteiger partial charge in [-0.05, 0) is 25.7 Å². The van der Waals surface area contributed by atoms with Gasteiger partial charge in [0.25, 0.3) is 0 Å². The molecule has 2 rings (SSSR count). The van der Waals surface area contributed by atoms with Crippen LogP contribution in [-0.4, -0.2) is 36.7 Å². The van der Waals surface area contributed by atoms with Gasteiger partial charge in [-0.25, -0.2) is 9.97 Å². The Morgan fingerprint density at radius 1 is 1.42 bits per heavy atom. The van der Waals surface area contributed by atoms with Crippen molar-refractivity contribution in [3.05, 3.63) is 11.9 Å². The number of hydrogen-bond donors (Lipinski definition) is 1. The molecule has 0 radical (unpaired) electrons. The molecule has 1 fully saturated rings. The van der Waals surface area contributed by atoms with Crippen molar-refractivity contribution in [3.63, 3.8) is 0 Å². The number of aromatic nitrogens is 2. The Hall–Kier alpha value is -1.36. The third kappa shape index (κ3) is 3.35. The van der Waals surface area contributed by atoms with E-state index in [0.717, 1.165) is 29.9 Å². The molecular formula is C14H24N4O. The van der Waals surface area contributed by atoms with E-state index >= 15 is 0 Å². The predicted octanol–water partition coefficient (Wildman–Crippen LogP) is 2.29. The number of ether oxygens (including phenoxy) is 1. The molecule has 0 aliphatic carbocycles. The fourth-order valence-corrected chi connectivity index (χ4v) is 2.70. The van der Waals surface area contributed by atoms with Crippen molar-refractivity contribution in [2.75, 3.05) is 30.9 Å². The molecule has 106 valence electrons. The van der Waals surface area contributed by atoms with Gasteiger partial charge in [-0.1, -0.05) is 6.92 Å². The monoisotopic (exact) mass is 264 g/mol. The molecule has 19 heavy (non-hydrogen) atoms. The molecular weight excluding hydrogens is 240 g/mol. The zero-order chi connectivity index (χ0) is 13.8. The minimum atomic E-state index is 0.446. The molecule has 5 heteroatoms. The van der Waals surface area contributed by atoms with Crippen molar-refractivity contribution in [2.24, 2.45) is 5.92 Å². The average molecular weight is 264 g/mol. The van der Waals surface area contributed by atoms with Crippen LogP contribution in [0.5, 0.6) is 0 Å². The highest BCUT2D eigenvalue weighted by atomic mass is 16.5. The average Bonchev–Trinajstić information content (AvgIpc) is 2.38. The standard InChI is InChI=1S/C14H24N4O/c1-10-5-6-18(11(2)7-10)14-8-12(15-3)16-13(17-14)9-19-4/h8,10-11H,5-7,9H2,1-4H3,(H,15,16,17). The van der Waals surface area contributed by atoms with Gasteiger partial charge in [0, 0.05) is 32.8 Å². The highest BCUT2D eigenvalue weighted by Gasteiger charge is 2.24. The molecule has 0 amide bonds. The van der Waals surface area contributed by atoms with Crippen LogP contribution in [-0.2, 0) is 11.3 Å². The Morgan fingerprint density at radius 2 is 2.21 bits per heavy atom. The summed E-state index contributed by atoms with van der Waals surface area (Å²) in [5, 5.41) is 3.10. The molecule has 1 aliphatic heterocycles. The summed E-state index contributed by atoms with van der Waals surface area (Å²) >= 11 is 0. The van der Waals surface area contributed by atoms with Crippen LogP contribution < -0.4 is 10.2 Å². The lowest BCUT2D eigenvalue weighted by molar-refractivity contribution is 0.178. The summed E-state index contributed by atoms with van der Waals surface area (Å²) in [5.74, 6) is 3.39. The fraction of sp³-hybridized carbons (Fsp3) is 0.714. The van der Waals surface area contributed by atoms with E-state index in [-0.39, 0.29) is 0 Å². The Bertz CT molecular complexity index is 424. The first-order valence-corrected chi connectivity index (χ1v) is 6.95. The van der Waals surface area contributed by atoms with E-state index in [9.17, 15) is 0 Å². The summed E-state index contributed by atoms with van der Waals surface area (Å²) in [5.41, 5.74) is 0. The number of rotatable bonds is 4. The molecule has 1 N–H and O–H groups in total. The van der Waals surface area contributed by atoms with Crippen LogP contribution in [0.4, 0.5) is 11.6 Å². The second-order valence-corrected chi connectivity index (χ2v) is 5.38. The van der Waals surface area contributed by atoms with Crippen LogP contribution in [0.3, 0.4) is 0 Å². The first-order chi connectivity index (χ1) is 9.13. The fourth-order valence-electron chi connectivity index (χ4n) is 2.70. The van der Waals surface area contributed by atoms with E-state index in [2.05, 4.69) is 34.0 Å². The lowest BCUT2D eigenvalue weighted by Crippen LogP contribution is -2.40. The molecule has 0 bridgehead atoms. The third-order valence-corrected chi connectivity index (χ3v) is 3.72. The normalized spacial score (nSPS) is 23.5. The molecule has 5 nitrogen and oxygen atoms in total. The molecule has 2 unspecified atom stereocenters. The van der Waals surface area contributed by atoms with Gasteiger partial charge in [0.15, 0.2) is 5.82 Å². The number of hydrogen-bond acceptors (Lipinski definition) is 5. The highest BCUT2D eigenvalue weighted by Crippen LogP contribution is 2.27. The van der Waals surface area contributed by atoms with Crippen molar-refractivity contribution in [2.45, 2.75) is 39.3 Å². The van der Waals surface area contributed by atoms with Crippen LogP contribution in [0.1, 0.15) is 32.5 Å². The molecule has 0 spiro atoms. The van der Waals surface area contributed by atoms with Crippen LogP contribution in [0.15, 0.2) is 6.07 Å². The van der Waals surface area contributed by atoms with E-state index in [0.29, 0.717) is 12.6 Å². The Morgan fingerprint density at radius 3 is 2.84 bits per heavy atom. The van der Waals surface area contributed by atoms with Gasteiger partial charge in [-0.15, -0.1) is 0 Å². The summed E-state index contributed by atoms with van der Waals surface area (Å²) in [6, 6.07) is 2.55. The lowest BCUT2D eigenvalue weighted by Gasteiger charge is -2.37. The Labute approximate surface area is 115 Å². The second kappa shape index (κ2) is 6.19. The molecule has 2 heterocycles. The van der Waals surface area contributed by atoms with Gasteiger partial charge in [-0.2, -0.15) is 0 Å².